The van der Waals surface area contributed by atoms with Crippen LogP contribution in [0.4, 0.5) is 5.69 Å². The molecule has 2 heterocycles. The molecule has 3 aromatic carbocycles. The van der Waals surface area contributed by atoms with Crippen LogP contribution >= 0.6 is 0 Å². The van der Waals surface area contributed by atoms with E-state index in [0.29, 0.717) is 0 Å². The first kappa shape index (κ1) is 19.5. The van der Waals surface area contributed by atoms with Gasteiger partial charge in [0.25, 0.3) is 0 Å². The van der Waals surface area contributed by atoms with E-state index in [1.165, 1.54) is 44.2 Å². The van der Waals surface area contributed by atoms with Crippen molar-refractivity contribution in [2.45, 2.75) is 26.2 Å². The van der Waals surface area contributed by atoms with Crippen LogP contribution in [0.25, 0.3) is 27.8 Å². The summed E-state index contributed by atoms with van der Waals surface area (Å²) in [6.45, 7) is 7.90. The van der Waals surface area contributed by atoms with Crippen molar-refractivity contribution >= 4 is 39.2 Å². The van der Waals surface area contributed by atoms with Gasteiger partial charge in [0, 0.05) is 29.4 Å². The average molecular weight is 401 g/mol. The van der Waals surface area contributed by atoms with E-state index < -0.39 is 0 Å². The van der Waals surface area contributed by atoms with E-state index >= 15 is 0 Å². The number of benzene rings is 3. The van der Waals surface area contributed by atoms with E-state index in [4.69, 9.17) is 0 Å². The molecule has 3 heteroatoms. The highest BCUT2D eigenvalue weighted by molar-refractivity contribution is 6.09. The fraction of sp³-hybridized carbons (Fsp3) is 0.192. The van der Waals surface area contributed by atoms with Gasteiger partial charge in [0.2, 0.25) is 5.69 Å². The molecule has 0 saturated carbocycles. The molecule has 0 spiro atoms. The van der Waals surface area contributed by atoms with Gasteiger partial charge >= 0.3 is 0 Å². The summed E-state index contributed by atoms with van der Waals surface area (Å²) in [5.74, 6) is 0. The van der Waals surface area contributed by atoms with E-state index in [0.717, 1.165) is 6.54 Å². The molecule has 0 saturated heterocycles. The first-order chi connectivity index (χ1) is 13.6. The SMILES string of the molecule is CC[N+]1=C(/C=C/c2ccc3[nH]ccc3c2)C(C)(C)c2c1ccc1ccccc21.[Cl-]. The summed E-state index contributed by atoms with van der Waals surface area (Å²) in [5.41, 5.74) is 6.50. The van der Waals surface area contributed by atoms with Gasteiger partial charge in [0.15, 0.2) is 5.71 Å². The summed E-state index contributed by atoms with van der Waals surface area (Å²) in [6, 6.07) is 22.0. The summed E-state index contributed by atoms with van der Waals surface area (Å²) in [4.78, 5) is 3.26. The first-order valence-electron chi connectivity index (χ1n) is 10.0. The zero-order valence-corrected chi connectivity index (χ0v) is 17.8. The van der Waals surface area contributed by atoms with Crippen LogP contribution in [0.3, 0.4) is 0 Å². The lowest BCUT2D eigenvalue weighted by Crippen LogP contribution is -3.00. The van der Waals surface area contributed by atoms with Crippen molar-refractivity contribution in [1.29, 1.82) is 0 Å². The molecule has 1 N–H and O–H groups in total. The third kappa shape index (κ3) is 2.99. The van der Waals surface area contributed by atoms with Crippen molar-refractivity contribution in [1.82, 2.24) is 4.98 Å². The molecule has 146 valence electrons. The lowest BCUT2D eigenvalue weighted by atomic mass is 9.79. The summed E-state index contributed by atoms with van der Waals surface area (Å²) >= 11 is 0. The van der Waals surface area contributed by atoms with Gasteiger partial charge in [-0.2, -0.15) is 4.58 Å². The van der Waals surface area contributed by atoms with Crippen LogP contribution in [-0.2, 0) is 5.41 Å². The van der Waals surface area contributed by atoms with Gasteiger partial charge in [-0.1, -0.05) is 30.3 Å². The van der Waals surface area contributed by atoms with E-state index in [9.17, 15) is 0 Å². The monoisotopic (exact) mass is 400 g/mol. The molecule has 0 unspecified atom stereocenters. The molecular formula is C26H25ClN2. The highest BCUT2D eigenvalue weighted by atomic mass is 35.5. The highest BCUT2D eigenvalue weighted by Crippen LogP contribution is 2.44. The van der Waals surface area contributed by atoms with Crippen molar-refractivity contribution in [2.75, 3.05) is 6.54 Å². The van der Waals surface area contributed by atoms with Gasteiger partial charge in [-0.05, 0) is 72.8 Å². The van der Waals surface area contributed by atoms with Crippen LogP contribution in [0.2, 0.25) is 0 Å². The molecule has 5 rings (SSSR count). The maximum absolute atomic E-state index is 3.26. The molecule has 0 atom stereocenters. The number of aromatic amines is 1. The van der Waals surface area contributed by atoms with Gasteiger partial charge in [0.05, 0.1) is 5.41 Å². The molecule has 1 aliphatic heterocycles. The predicted molar refractivity (Wildman–Crippen MR) is 120 cm³/mol. The van der Waals surface area contributed by atoms with Crippen molar-refractivity contribution in [3.05, 3.63) is 84.1 Å². The molecule has 2 nitrogen and oxygen atoms in total. The smallest absolute Gasteiger partial charge is 0.210 e. The molecular weight excluding hydrogens is 376 g/mol. The van der Waals surface area contributed by atoms with Crippen LogP contribution in [0.15, 0.2) is 72.9 Å². The Balaban J connectivity index is 0.00000205. The third-order valence-corrected chi connectivity index (χ3v) is 6.08. The lowest BCUT2D eigenvalue weighted by molar-refractivity contribution is -0.433. The topological polar surface area (TPSA) is 18.8 Å². The summed E-state index contributed by atoms with van der Waals surface area (Å²) < 4.78 is 2.47. The van der Waals surface area contributed by atoms with Crippen LogP contribution in [0.1, 0.15) is 31.9 Å². The minimum atomic E-state index is -0.0408. The fourth-order valence-corrected chi connectivity index (χ4v) is 4.73. The number of H-pyrrole nitrogens is 1. The Bertz CT molecular complexity index is 1270. The van der Waals surface area contributed by atoms with Gasteiger partial charge in [-0.15, -0.1) is 0 Å². The normalized spacial score (nSPS) is 15.3. The predicted octanol–water partition coefficient (Wildman–Crippen LogP) is 3.43. The maximum Gasteiger partial charge on any atom is 0.210 e. The van der Waals surface area contributed by atoms with E-state index in [1.807, 2.05) is 6.20 Å². The maximum atomic E-state index is 3.26. The molecule has 0 radical (unpaired) electrons. The number of fused-ring (bicyclic) bond motifs is 4. The number of nitrogens with one attached hydrogen (secondary N) is 1. The van der Waals surface area contributed by atoms with Crippen LogP contribution in [-0.4, -0.2) is 21.8 Å². The number of nitrogens with zero attached hydrogens (tertiary/aromatic N) is 1. The largest absolute Gasteiger partial charge is 1.00 e. The van der Waals surface area contributed by atoms with Gasteiger partial charge in [0.1, 0.15) is 6.54 Å². The number of hydrogen-bond acceptors (Lipinski definition) is 0. The molecule has 1 aromatic heterocycles. The van der Waals surface area contributed by atoms with E-state index in [2.05, 4.69) is 103 Å². The Morgan fingerprint density at radius 1 is 0.931 bits per heavy atom. The number of rotatable bonds is 3. The van der Waals surface area contributed by atoms with Crippen molar-refractivity contribution in [3.63, 3.8) is 0 Å². The van der Waals surface area contributed by atoms with Gasteiger partial charge < -0.3 is 17.4 Å². The van der Waals surface area contributed by atoms with Crippen LogP contribution < -0.4 is 12.4 Å². The van der Waals surface area contributed by atoms with Crippen molar-refractivity contribution in [2.24, 2.45) is 0 Å². The van der Waals surface area contributed by atoms with Crippen LogP contribution in [0.5, 0.6) is 0 Å². The number of allylic oxidation sites excluding steroid dienone is 1. The molecule has 1 aliphatic rings. The summed E-state index contributed by atoms with van der Waals surface area (Å²) in [5, 5.41) is 3.92. The molecule has 4 aromatic rings. The number of hydrogen-bond donors (Lipinski definition) is 1. The second-order valence-electron chi connectivity index (χ2n) is 8.09. The zero-order valence-electron chi connectivity index (χ0n) is 17.0. The Morgan fingerprint density at radius 2 is 1.76 bits per heavy atom. The minimum Gasteiger partial charge on any atom is -1.00 e. The average Bonchev–Trinajstić information content (AvgIpc) is 3.25. The molecule has 0 aliphatic carbocycles. The first-order valence-corrected chi connectivity index (χ1v) is 10.0. The van der Waals surface area contributed by atoms with E-state index in [1.54, 1.807) is 0 Å². The second kappa shape index (κ2) is 7.20. The second-order valence-corrected chi connectivity index (χ2v) is 8.09. The Kier molecular flexibility index (Phi) is 4.84. The standard InChI is InChI=1S/C26H24N2.ClH/c1-4-28-23-13-11-19-7-5-6-8-21(19)25(23)26(2,3)24(28)14-10-18-9-12-22-20(17-18)15-16-27-22;/h5-17H,4H2,1-3H3;1H. The summed E-state index contributed by atoms with van der Waals surface area (Å²) in [6.07, 6.45) is 6.56. The Labute approximate surface area is 178 Å². The highest BCUT2D eigenvalue weighted by Gasteiger charge is 2.44. The quantitative estimate of drug-likeness (QED) is 0.508. The van der Waals surface area contributed by atoms with Crippen molar-refractivity contribution < 1.29 is 17.0 Å². The molecule has 29 heavy (non-hydrogen) atoms. The Morgan fingerprint density at radius 3 is 2.59 bits per heavy atom. The van der Waals surface area contributed by atoms with E-state index in [-0.39, 0.29) is 17.8 Å². The fourth-order valence-electron chi connectivity index (χ4n) is 4.73. The summed E-state index contributed by atoms with van der Waals surface area (Å²) in [7, 11) is 0. The van der Waals surface area contributed by atoms with Gasteiger partial charge in [-0.25, -0.2) is 0 Å². The molecule has 0 bridgehead atoms. The van der Waals surface area contributed by atoms with Gasteiger partial charge in [-0.3, -0.25) is 0 Å². The molecule has 0 fully saturated rings. The number of aromatic nitrogens is 1. The Hall–Kier alpha value is -2.84. The third-order valence-electron chi connectivity index (χ3n) is 6.08. The zero-order chi connectivity index (χ0) is 19.3. The minimum absolute atomic E-state index is 0. The molecule has 0 amide bonds. The van der Waals surface area contributed by atoms with Crippen LogP contribution in [0, 0.1) is 0 Å². The number of halogens is 1. The van der Waals surface area contributed by atoms with Crippen molar-refractivity contribution in [3.8, 4) is 0 Å². The lowest BCUT2D eigenvalue weighted by Gasteiger charge is -2.17.